The van der Waals surface area contributed by atoms with E-state index in [0.717, 1.165) is 19.3 Å². The maximum Gasteiger partial charge on any atom is 0.268 e. The predicted octanol–water partition coefficient (Wildman–Crippen LogP) is 4.81. The monoisotopic (exact) mass is 356 g/mol. The lowest BCUT2D eigenvalue weighted by molar-refractivity contribution is 0.241. The number of hydrogen-bond donors (Lipinski definition) is 1. The molecule has 4 nitrogen and oxygen atoms in total. The molecule has 0 fully saturated rings. The molecule has 0 aliphatic carbocycles. The van der Waals surface area contributed by atoms with Crippen molar-refractivity contribution in [1.29, 1.82) is 0 Å². The van der Waals surface area contributed by atoms with E-state index < -0.39 is 22.0 Å². The largest absolute Gasteiger partial charge is 0.490 e. The summed E-state index contributed by atoms with van der Waals surface area (Å²) >= 11 is 0. The highest BCUT2D eigenvalue weighted by Crippen LogP contribution is 2.23. The minimum absolute atomic E-state index is 0.392. The average molecular weight is 357 g/mol. The second-order valence-electron chi connectivity index (χ2n) is 6.52. The fourth-order valence-corrected chi connectivity index (χ4v) is 3.51. The normalized spacial score (nSPS) is 13.0. The Morgan fingerprint density at radius 3 is 2.12 bits per heavy atom. The number of benzene rings is 1. The molecule has 0 saturated carbocycles. The van der Waals surface area contributed by atoms with Gasteiger partial charge in [0.25, 0.3) is 10.1 Å². The second-order valence-corrected chi connectivity index (χ2v) is 8.02. The molecule has 5 heteroatoms. The minimum Gasteiger partial charge on any atom is -0.490 e. The van der Waals surface area contributed by atoms with E-state index in [4.69, 9.17) is 9.29 Å². The summed E-state index contributed by atoms with van der Waals surface area (Å²) in [6.45, 7) is 6.05. The first kappa shape index (κ1) is 21.0. The molecule has 1 atom stereocenters. The van der Waals surface area contributed by atoms with Gasteiger partial charge in [-0.15, -0.1) is 0 Å². The molecule has 0 spiro atoms. The fraction of sp³-hybridized carbons (Fsp3) is 0.684. The van der Waals surface area contributed by atoms with Gasteiger partial charge in [-0.25, -0.2) is 0 Å². The molecule has 0 aromatic heterocycles. The van der Waals surface area contributed by atoms with Crippen LogP contribution in [-0.4, -0.2) is 24.8 Å². The lowest BCUT2D eigenvalue weighted by atomic mass is 9.97. The summed E-state index contributed by atoms with van der Waals surface area (Å²) in [5.74, 6) is 0.285. The Morgan fingerprint density at radius 1 is 1.00 bits per heavy atom. The molecule has 0 radical (unpaired) electrons. The van der Waals surface area contributed by atoms with Crippen molar-refractivity contribution < 1.29 is 17.7 Å². The van der Waals surface area contributed by atoms with Gasteiger partial charge < -0.3 is 4.74 Å². The molecule has 138 valence electrons. The lowest BCUT2D eigenvalue weighted by Gasteiger charge is -2.16. The molecule has 1 aromatic carbocycles. The molecule has 0 heterocycles. The summed E-state index contributed by atoms with van der Waals surface area (Å²) in [6.07, 6.45) is 8.71. The third-order valence-corrected chi connectivity index (χ3v) is 4.95. The number of hydrogen-bond acceptors (Lipinski definition) is 3. The van der Waals surface area contributed by atoms with Gasteiger partial charge in [0.15, 0.2) is 0 Å². The van der Waals surface area contributed by atoms with Crippen LogP contribution in [0, 0.1) is 0 Å². The van der Waals surface area contributed by atoms with Gasteiger partial charge in [-0.3, -0.25) is 4.55 Å². The zero-order chi connectivity index (χ0) is 18.0. The number of rotatable bonds is 12. The summed E-state index contributed by atoms with van der Waals surface area (Å²) < 4.78 is 36.5. The van der Waals surface area contributed by atoms with Crippen molar-refractivity contribution in [2.45, 2.75) is 78.2 Å². The van der Waals surface area contributed by atoms with Crippen LogP contribution in [0.1, 0.15) is 70.4 Å². The van der Waals surface area contributed by atoms with Gasteiger partial charge in [-0.05, 0) is 55.9 Å². The van der Waals surface area contributed by atoms with Crippen LogP contribution in [0.5, 0.6) is 5.75 Å². The SMILES string of the molecule is CCCCCc1ccc(OC(C)CS(=O)(=O)O)cc1CCCCC. The van der Waals surface area contributed by atoms with Crippen LogP contribution < -0.4 is 4.74 Å². The molecule has 0 amide bonds. The van der Waals surface area contributed by atoms with E-state index in [2.05, 4.69) is 19.9 Å². The van der Waals surface area contributed by atoms with Gasteiger partial charge in [-0.2, -0.15) is 8.42 Å². The Labute approximate surface area is 147 Å². The van der Waals surface area contributed by atoms with Crippen LogP contribution in [0.15, 0.2) is 18.2 Å². The zero-order valence-electron chi connectivity index (χ0n) is 15.3. The standard InChI is InChI=1S/C19H32O4S/c1-4-6-8-10-17-12-13-19(14-18(17)11-9-7-5-2)23-16(3)15-24(20,21)22/h12-14,16H,4-11,15H2,1-3H3,(H,20,21,22). The van der Waals surface area contributed by atoms with Gasteiger partial charge in [0.05, 0.1) is 0 Å². The maximum atomic E-state index is 10.9. The van der Waals surface area contributed by atoms with Crippen molar-refractivity contribution in [2.24, 2.45) is 0 Å². The van der Waals surface area contributed by atoms with Crippen LogP contribution in [0.2, 0.25) is 0 Å². The Bertz CT molecular complexity index is 581. The molecule has 1 aromatic rings. The van der Waals surface area contributed by atoms with Crippen LogP contribution in [-0.2, 0) is 23.0 Å². The van der Waals surface area contributed by atoms with Crippen molar-refractivity contribution in [2.75, 3.05) is 5.75 Å². The molecule has 0 aliphatic rings. The summed E-state index contributed by atoms with van der Waals surface area (Å²) in [5.41, 5.74) is 2.67. The Kier molecular flexibility index (Phi) is 9.37. The number of aryl methyl sites for hydroxylation is 2. The minimum atomic E-state index is -4.02. The van der Waals surface area contributed by atoms with E-state index in [-0.39, 0.29) is 0 Å². The van der Waals surface area contributed by atoms with E-state index in [9.17, 15) is 8.42 Å². The third kappa shape index (κ3) is 8.69. The van der Waals surface area contributed by atoms with Gasteiger partial charge in [0.1, 0.15) is 17.6 Å². The van der Waals surface area contributed by atoms with E-state index >= 15 is 0 Å². The highest BCUT2D eigenvalue weighted by Gasteiger charge is 2.14. The molecule has 0 saturated heterocycles. The highest BCUT2D eigenvalue weighted by molar-refractivity contribution is 7.85. The number of unbranched alkanes of at least 4 members (excludes halogenated alkanes) is 4. The highest BCUT2D eigenvalue weighted by atomic mass is 32.2. The van der Waals surface area contributed by atoms with Crippen molar-refractivity contribution >= 4 is 10.1 Å². The Balaban J connectivity index is 2.80. The predicted molar refractivity (Wildman–Crippen MR) is 99.4 cm³/mol. The molecular formula is C19H32O4S. The van der Waals surface area contributed by atoms with Crippen LogP contribution >= 0.6 is 0 Å². The summed E-state index contributed by atoms with van der Waals surface area (Å²) in [4.78, 5) is 0. The van der Waals surface area contributed by atoms with E-state index in [1.165, 1.54) is 43.2 Å². The third-order valence-electron chi connectivity index (χ3n) is 4.06. The molecule has 0 bridgehead atoms. The zero-order valence-corrected chi connectivity index (χ0v) is 16.1. The fourth-order valence-electron chi connectivity index (χ4n) is 2.85. The van der Waals surface area contributed by atoms with Gasteiger partial charge in [-0.1, -0.05) is 45.6 Å². The molecule has 1 unspecified atom stereocenters. The first-order valence-corrected chi connectivity index (χ1v) is 10.7. The lowest BCUT2D eigenvalue weighted by Crippen LogP contribution is -2.23. The van der Waals surface area contributed by atoms with Gasteiger partial charge in [0.2, 0.25) is 0 Å². The van der Waals surface area contributed by atoms with Crippen LogP contribution in [0.4, 0.5) is 0 Å². The van der Waals surface area contributed by atoms with Gasteiger partial charge >= 0.3 is 0 Å². The summed E-state index contributed by atoms with van der Waals surface area (Å²) in [6, 6.07) is 6.05. The van der Waals surface area contributed by atoms with E-state index in [1.54, 1.807) is 6.92 Å². The maximum absolute atomic E-state index is 10.9. The first-order chi connectivity index (χ1) is 11.4. The quantitative estimate of drug-likeness (QED) is 0.431. The van der Waals surface area contributed by atoms with Crippen molar-refractivity contribution in [3.63, 3.8) is 0 Å². The molecule has 0 aliphatic heterocycles. The van der Waals surface area contributed by atoms with Crippen LogP contribution in [0.25, 0.3) is 0 Å². The molecule has 1 rings (SSSR count). The topological polar surface area (TPSA) is 63.6 Å². The first-order valence-electron chi connectivity index (χ1n) is 9.09. The van der Waals surface area contributed by atoms with Crippen molar-refractivity contribution in [3.05, 3.63) is 29.3 Å². The van der Waals surface area contributed by atoms with Crippen molar-refractivity contribution in [1.82, 2.24) is 0 Å². The van der Waals surface area contributed by atoms with E-state index in [1.807, 2.05) is 12.1 Å². The molecular weight excluding hydrogens is 324 g/mol. The van der Waals surface area contributed by atoms with Gasteiger partial charge in [0, 0.05) is 0 Å². The second kappa shape index (κ2) is 10.7. The number of ether oxygens (including phenoxy) is 1. The molecule has 24 heavy (non-hydrogen) atoms. The Morgan fingerprint density at radius 2 is 1.58 bits per heavy atom. The smallest absolute Gasteiger partial charge is 0.268 e. The van der Waals surface area contributed by atoms with Crippen LogP contribution in [0.3, 0.4) is 0 Å². The summed E-state index contributed by atoms with van der Waals surface area (Å²) in [5, 5.41) is 0. The molecule has 1 N–H and O–H groups in total. The van der Waals surface area contributed by atoms with E-state index in [0.29, 0.717) is 5.75 Å². The Hall–Kier alpha value is -1.07. The van der Waals surface area contributed by atoms with Crippen molar-refractivity contribution in [3.8, 4) is 5.75 Å². The average Bonchev–Trinajstić information content (AvgIpc) is 2.47. The summed E-state index contributed by atoms with van der Waals surface area (Å²) in [7, 11) is -4.02.